The van der Waals surface area contributed by atoms with Crippen molar-refractivity contribution in [2.75, 3.05) is 0 Å². The van der Waals surface area contributed by atoms with E-state index < -0.39 is 36.4 Å². The highest BCUT2D eigenvalue weighted by molar-refractivity contribution is 5.87. The van der Waals surface area contributed by atoms with Gasteiger partial charge >= 0.3 is 11.9 Å². The molecule has 2 aromatic carbocycles. The van der Waals surface area contributed by atoms with Crippen molar-refractivity contribution in [2.24, 2.45) is 0 Å². The van der Waals surface area contributed by atoms with Crippen LogP contribution in [0.15, 0.2) is 78.9 Å². The fourth-order valence-electron chi connectivity index (χ4n) is 2.84. The van der Waals surface area contributed by atoms with Crippen LogP contribution in [0.4, 0.5) is 0 Å². The number of esters is 2. The number of carbonyl (C=O) groups excluding carboxylic acids is 2. The summed E-state index contributed by atoms with van der Waals surface area (Å²) < 4.78 is 10.5. The number of ether oxygens (including phenoxy) is 2. The monoisotopic (exact) mass is 380 g/mol. The molecule has 0 radical (unpaired) electrons. The smallest absolute Gasteiger partial charge is 0.331 e. The van der Waals surface area contributed by atoms with Gasteiger partial charge in [-0.2, -0.15) is 0 Å². The van der Waals surface area contributed by atoms with Crippen LogP contribution in [0.3, 0.4) is 0 Å². The number of carbonyl (C=O) groups is 2. The predicted molar refractivity (Wildman–Crippen MR) is 102 cm³/mol. The first-order chi connectivity index (χ1) is 13.5. The van der Waals surface area contributed by atoms with Crippen LogP contribution in [0.1, 0.15) is 17.2 Å². The summed E-state index contributed by atoms with van der Waals surface area (Å²) in [6.07, 6.45) is 0.106. The summed E-state index contributed by atoms with van der Waals surface area (Å²) in [7, 11) is 0. The molecular weight excluding hydrogens is 360 g/mol. The van der Waals surface area contributed by atoms with Gasteiger partial charge in [0.2, 0.25) is 0 Å². The lowest BCUT2D eigenvalue weighted by molar-refractivity contribution is -0.175. The molecule has 6 heteroatoms. The zero-order valence-electron chi connectivity index (χ0n) is 14.9. The largest absolute Gasteiger partial charge is 0.453 e. The Morgan fingerprint density at radius 2 is 1.71 bits per heavy atom. The zero-order chi connectivity index (χ0) is 19.9. The number of cyclic esters (lactones) is 1. The second kappa shape index (κ2) is 9.12. The molecule has 0 spiro atoms. The molecule has 1 aliphatic heterocycles. The van der Waals surface area contributed by atoms with Crippen molar-refractivity contribution in [2.45, 2.75) is 24.4 Å². The van der Waals surface area contributed by atoms with E-state index in [1.807, 2.05) is 30.3 Å². The van der Waals surface area contributed by atoms with Crippen molar-refractivity contribution < 1.29 is 29.3 Å². The van der Waals surface area contributed by atoms with Crippen LogP contribution in [-0.2, 0) is 19.1 Å². The highest BCUT2D eigenvalue weighted by Crippen LogP contribution is 2.28. The van der Waals surface area contributed by atoms with E-state index in [1.54, 1.807) is 36.4 Å². The van der Waals surface area contributed by atoms with Crippen LogP contribution in [0.5, 0.6) is 0 Å². The summed E-state index contributed by atoms with van der Waals surface area (Å²) >= 11 is 0. The molecule has 1 heterocycles. The quantitative estimate of drug-likeness (QED) is 0.589. The van der Waals surface area contributed by atoms with E-state index in [2.05, 4.69) is 0 Å². The van der Waals surface area contributed by atoms with Crippen LogP contribution in [0.25, 0.3) is 6.08 Å². The fourth-order valence-corrected chi connectivity index (χ4v) is 2.84. The van der Waals surface area contributed by atoms with E-state index in [-0.39, 0.29) is 0 Å². The van der Waals surface area contributed by atoms with Crippen LogP contribution >= 0.6 is 0 Å². The number of aliphatic hydroxyl groups excluding tert-OH is 2. The SMILES string of the molecule is O=C1C=C[C@H](O)[C@H]([C@H](O)[C@@H](OC(=O)/C=C\c2ccccc2)c2ccccc2)O1. The van der Waals surface area contributed by atoms with Gasteiger partial charge in [-0.15, -0.1) is 0 Å². The molecule has 0 unspecified atom stereocenters. The van der Waals surface area contributed by atoms with Gasteiger partial charge in [-0.3, -0.25) is 0 Å². The number of hydrogen-bond acceptors (Lipinski definition) is 6. The third-order valence-electron chi connectivity index (χ3n) is 4.25. The molecule has 6 nitrogen and oxygen atoms in total. The molecular formula is C22H20O6. The highest BCUT2D eigenvalue weighted by Gasteiger charge is 2.39. The van der Waals surface area contributed by atoms with Gasteiger partial charge in [-0.05, 0) is 23.3 Å². The molecule has 0 saturated heterocycles. The van der Waals surface area contributed by atoms with Crippen LogP contribution in [-0.4, -0.2) is 40.5 Å². The Balaban J connectivity index is 1.79. The minimum atomic E-state index is -1.46. The fraction of sp³-hybridized carbons (Fsp3) is 0.182. The average Bonchev–Trinajstić information content (AvgIpc) is 2.73. The van der Waals surface area contributed by atoms with Crippen molar-refractivity contribution in [3.05, 3.63) is 90.0 Å². The highest BCUT2D eigenvalue weighted by atomic mass is 16.6. The van der Waals surface area contributed by atoms with E-state index in [0.29, 0.717) is 5.56 Å². The number of hydrogen-bond donors (Lipinski definition) is 2. The van der Waals surface area contributed by atoms with Crippen LogP contribution < -0.4 is 0 Å². The molecule has 2 aromatic rings. The summed E-state index contributed by atoms with van der Waals surface area (Å²) in [6, 6.07) is 17.8. The Bertz CT molecular complexity index is 859. The van der Waals surface area contributed by atoms with Crippen LogP contribution in [0.2, 0.25) is 0 Å². The van der Waals surface area contributed by atoms with E-state index in [4.69, 9.17) is 9.47 Å². The Morgan fingerprint density at radius 1 is 1.07 bits per heavy atom. The summed E-state index contributed by atoms with van der Waals surface area (Å²) in [5, 5.41) is 20.8. The predicted octanol–water partition coefficient (Wildman–Crippen LogP) is 2.19. The molecule has 0 aliphatic carbocycles. The molecule has 0 bridgehead atoms. The van der Waals surface area contributed by atoms with Gasteiger partial charge in [0.1, 0.15) is 12.2 Å². The average molecular weight is 380 g/mol. The van der Waals surface area contributed by atoms with E-state index in [9.17, 15) is 19.8 Å². The van der Waals surface area contributed by atoms with E-state index in [1.165, 1.54) is 12.2 Å². The van der Waals surface area contributed by atoms with Crippen molar-refractivity contribution in [1.82, 2.24) is 0 Å². The minimum absolute atomic E-state index is 0.509. The molecule has 144 valence electrons. The molecule has 3 rings (SSSR count). The Morgan fingerprint density at radius 3 is 2.39 bits per heavy atom. The zero-order valence-corrected chi connectivity index (χ0v) is 14.9. The lowest BCUT2D eigenvalue weighted by Gasteiger charge is -2.32. The first kappa shape index (κ1) is 19.5. The molecule has 2 N–H and O–H groups in total. The topological polar surface area (TPSA) is 93.1 Å². The van der Waals surface area contributed by atoms with Crippen molar-refractivity contribution in [3.63, 3.8) is 0 Å². The molecule has 0 amide bonds. The van der Waals surface area contributed by atoms with Gasteiger partial charge in [0.25, 0.3) is 0 Å². The van der Waals surface area contributed by atoms with Gasteiger partial charge in [0.05, 0.1) is 0 Å². The van der Waals surface area contributed by atoms with Crippen molar-refractivity contribution in [1.29, 1.82) is 0 Å². The number of rotatable bonds is 6. The third kappa shape index (κ3) is 4.94. The Kier molecular flexibility index (Phi) is 6.37. The first-order valence-corrected chi connectivity index (χ1v) is 8.78. The molecule has 4 atom stereocenters. The maximum atomic E-state index is 12.3. The van der Waals surface area contributed by atoms with E-state index >= 15 is 0 Å². The Labute approximate surface area is 162 Å². The van der Waals surface area contributed by atoms with E-state index in [0.717, 1.165) is 11.6 Å². The first-order valence-electron chi connectivity index (χ1n) is 8.78. The normalized spacial score (nSPS) is 21.1. The molecule has 28 heavy (non-hydrogen) atoms. The standard InChI is InChI=1S/C22H20O6/c23-17-12-14-19(25)28-22(17)20(26)21(16-9-5-2-6-10-16)27-18(24)13-11-15-7-3-1-4-8-15/h1-14,17,20-23,26H/b13-11-/t17-,20+,21-,22+/m0/s1. The third-order valence-corrected chi connectivity index (χ3v) is 4.25. The van der Waals surface area contributed by atoms with Crippen LogP contribution in [0, 0.1) is 0 Å². The molecule has 0 aromatic heterocycles. The van der Waals surface area contributed by atoms with Gasteiger partial charge in [0, 0.05) is 12.2 Å². The summed E-state index contributed by atoms with van der Waals surface area (Å²) in [6.45, 7) is 0. The maximum Gasteiger partial charge on any atom is 0.331 e. The number of benzene rings is 2. The molecule has 0 saturated carbocycles. The molecule has 1 aliphatic rings. The minimum Gasteiger partial charge on any atom is -0.453 e. The van der Waals surface area contributed by atoms with Gasteiger partial charge in [-0.1, -0.05) is 60.7 Å². The summed E-state index contributed by atoms with van der Waals surface area (Å²) in [5.74, 6) is -1.36. The summed E-state index contributed by atoms with van der Waals surface area (Å²) in [5.41, 5.74) is 1.33. The Hall–Kier alpha value is -3.22. The molecule has 0 fully saturated rings. The lowest BCUT2D eigenvalue weighted by atomic mass is 9.96. The second-order valence-electron chi connectivity index (χ2n) is 6.25. The van der Waals surface area contributed by atoms with Crippen molar-refractivity contribution in [3.8, 4) is 0 Å². The van der Waals surface area contributed by atoms with Gasteiger partial charge < -0.3 is 19.7 Å². The number of aliphatic hydroxyl groups is 2. The van der Waals surface area contributed by atoms with Gasteiger partial charge in [-0.25, -0.2) is 9.59 Å². The second-order valence-corrected chi connectivity index (χ2v) is 6.25. The summed E-state index contributed by atoms with van der Waals surface area (Å²) in [4.78, 5) is 23.8. The van der Waals surface area contributed by atoms with Gasteiger partial charge in [0.15, 0.2) is 12.2 Å². The van der Waals surface area contributed by atoms with Crippen molar-refractivity contribution >= 4 is 18.0 Å². The maximum absolute atomic E-state index is 12.3. The lowest BCUT2D eigenvalue weighted by Crippen LogP contribution is -2.46.